The topological polar surface area (TPSA) is 0 Å². The molecule has 0 radical (unpaired) electrons. The highest BCUT2D eigenvalue weighted by molar-refractivity contribution is 6.30. The lowest BCUT2D eigenvalue weighted by Crippen LogP contribution is -1.86. The zero-order chi connectivity index (χ0) is 10.7. The molecule has 0 aliphatic heterocycles. The van der Waals surface area contributed by atoms with E-state index in [2.05, 4.69) is 43.4 Å². The predicted octanol–water partition coefficient (Wildman–Crippen LogP) is 4.63. The molecule has 0 saturated carbocycles. The molecule has 1 aromatic carbocycles. The van der Waals surface area contributed by atoms with Crippen molar-refractivity contribution in [2.45, 2.75) is 13.3 Å². The molecule has 76 valence electrons. The Morgan fingerprint density at radius 3 is 2.20 bits per heavy atom. The van der Waals surface area contributed by atoms with Crippen LogP contribution >= 0.6 is 11.6 Å². The maximum Gasteiger partial charge on any atom is 0.0406 e. The van der Waals surface area contributed by atoms with Gasteiger partial charge in [-0.2, -0.15) is 0 Å². The molecule has 0 fully saturated rings. The summed E-state index contributed by atoms with van der Waals surface area (Å²) in [5.74, 6) is 0. The molecule has 0 nitrogen and oxygen atoms in total. The van der Waals surface area contributed by atoms with Gasteiger partial charge in [0.2, 0.25) is 0 Å². The first-order chi connectivity index (χ1) is 7.31. The van der Waals surface area contributed by atoms with E-state index in [1.54, 1.807) is 0 Å². The van der Waals surface area contributed by atoms with Gasteiger partial charge in [-0.05, 0) is 35.3 Å². The van der Waals surface area contributed by atoms with Crippen LogP contribution in [0.25, 0.3) is 5.57 Å². The number of benzene rings is 1. The molecule has 0 bridgehead atoms. The van der Waals surface area contributed by atoms with Crippen LogP contribution in [0.1, 0.15) is 18.9 Å². The maximum absolute atomic E-state index is 5.88. The molecular formula is C14H13Cl. The summed E-state index contributed by atoms with van der Waals surface area (Å²) in [6.07, 6.45) is 9.47. The highest BCUT2D eigenvalue weighted by atomic mass is 35.5. The summed E-state index contributed by atoms with van der Waals surface area (Å²) < 4.78 is 0. The Hall–Kier alpha value is -1.27. The quantitative estimate of drug-likeness (QED) is 0.676. The molecule has 0 aromatic heterocycles. The van der Waals surface area contributed by atoms with Gasteiger partial charge >= 0.3 is 0 Å². The molecule has 0 amide bonds. The predicted molar refractivity (Wildman–Crippen MR) is 66.9 cm³/mol. The Labute approximate surface area is 95.6 Å². The van der Waals surface area contributed by atoms with Crippen LogP contribution < -0.4 is 0 Å². The third kappa shape index (κ3) is 2.21. The molecule has 2 rings (SSSR count). The summed E-state index contributed by atoms with van der Waals surface area (Å²) in [5.41, 5.74) is 3.93. The number of halogens is 1. The highest BCUT2D eigenvalue weighted by Gasteiger charge is 2.04. The van der Waals surface area contributed by atoms with Crippen LogP contribution in [0.4, 0.5) is 0 Å². The van der Waals surface area contributed by atoms with Gasteiger partial charge in [-0.3, -0.25) is 0 Å². The first-order valence-corrected chi connectivity index (χ1v) is 5.53. The molecule has 0 saturated heterocycles. The van der Waals surface area contributed by atoms with Crippen molar-refractivity contribution in [1.82, 2.24) is 0 Å². The maximum atomic E-state index is 5.88. The van der Waals surface area contributed by atoms with E-state index in [1.165, 1.54) is 16.7 Å². The van der Waals surface area contributed by atoms with Crippen molar-refractivity contribution in [1.29, 1.82) is 0 Å². The van der Waals surface area contributed by atoms with Gasteiger partial charge in [-0.25, -0.2) is 0 Å². The minimum atomic E-state index is 0.789. The third-order valence-electron chi connectivity index (χ3n) is 2.56. The van der Waals surface area contributed by atoms with Crippen LogP contribution in [-0.2, 0) is 0 Å². The van der Waals surface area contributed by atoms with Crippen molar-refractivity contribution < 1.29 is 0 Å². The second-order valence-corrected chi connectivity index (χ2v) is 3.95. The first kappa shape index (κ1) is 10.3. The second kappa shape index (κ2) is 4.50. The van der Waals surface area contributed by atoms with Crippen LogP contribution in [0.5, 0.6) is 0 Å². The van der Waals surface area contributed by atoms with Gasteiger partial charge < -0.3 is 0 Å². The molecular weight excluding hydrogens is 204 g/mol. The van der Waals surface area contributed by atoms with Crippen LogP contribution in [0, 0.1) is 0 Å². The SMILES string of the molecule is CCC(=C1C=CC=C1)c1ccc(Cl)cc1. The lowest BCUT2D eigenvalue weighted by Gasteiger charge is -2.07. The summed E-state index contributed by atoms with van der Waals surface area (Å²) in [5, 5.41) is 0.789. The van der Waals surface area contributed by atoms with Crippen molar-refractivity contribution in [3.05, 3.63) is 64.7 Å². The van der Waals surface area contributed by atoms with Crippen LogP contribution in [0.2, 0.25) is 5.02 Å². The monoisotopic (exact) mass is 216 g/mol. The van der Waals surface area contributed by atoms with Crippen molar-refractivity contribution in [2.75, 3.05) is 0 Å². The number of allylic oxidation sites excluding steroid dienone is 6. The van der Waals surface area contributed by atoms with E-state index in [-0.39, 0.29) is 0 Å². The van der Waals surface area contributed by atoms with Crippen LogP contribution in [0.3, 0.4) is 0 Å². The Balaban J connectivity index is 2.43. The highest BCUT2D eigenvalue weighted by Crippen LogP contribution is 2.26. The summed E-state index contributed by atoms with van der Waals surface area (Å²) in [7, 11) is 0. The summed E-state index contributed by atoms with van der Waals surface area (Å²) in [4.78, 5) is 0. The van der Waals surface area contributed by atoms with E-state index in [0.717, 1.165) is 11.4 Å². The van der Waals surface area contributed by atoms with Gasteiger partial charge in [0.1, 0.15) is 0 Å². The molecule has 0 unspecified atom stereocenters. The molecule has 0 atom stereocenters. The van der Waals surface area contributed by atoms with Crippen LogP contribution in [-0.4, -0.2) is 0 Å². The average molecular weight is 217 g/mol. The van der Waals surface area contributed by atoms with E-state index in [1.807, 2.05) is 12.1 Å². The van der Waals surface area contributed by atoms with Crippen LogP contribution in [0.15, 0.2) is 54.1 Å². The molecule has 1 aliphatic rings. The molecule has 0 spiro atoms. The molecule has 1 aromatic rings. The number of rotatable bonds is 2. The Kier molecular flexibility index (Phi) is 3.08. The van der Waals surface area contributed by atoms with Gasteiger partial charge in [-0.15, -0.1) is 0 Å². The van der Waals surface area contributed by atoms with E-state index >= 15 is 0 Å². The lowest BCUT2D eigenvalue weighted by atomic mass is 9.98. The fourth-order valence-corrected chi connectivity index (χ4v) is 1.93. The molecule has 1 heteroatoms. The van der Waals surface area contributed by atoms with Crippen molar-refractivity contribution >= 4 is 17.2 Å². The normalized spacial score (nSPS) is 13.6. The molecule has 0 N–H and O–H groups in total. The minimum Gasteiger partial charge on any atom is -0.0843 e. The van der Waals surface area contributed by atoms with E-state index in [0.29, 0.717) is 0 Å². The standard InChI is InChI=1S/C14H13Cl/c1-2-14(11-5-3-4-6-11)12-7-9-13(15)10-8-12/h3-10H,2H2,1H3. The molecule has 1 aliphatic carbocycles. The smallest absolute Gasteiger partial charge is 0.0406 e. The third-order valence-corrected chi connectivity index (χ3v) is 2.81. The average Bonchev–Trinajstić information content (AvgIpc) is 2.75. The van der Waals surface area contributed by atoms with Gasteiger partial charge in [0.05, 0.1) is 0 Å². The largest absolute Gasteiger partial charge is 0.0843 e. The second-order valence-electron chi connectivity index (χ2n) is 3.51. The lowest BCUT2D eigenvalue weighted by molar-refractivity contribution is 1.23. The van der Waals surface area contributed by atoms with E-state index in [9.17, 15) is 0 Å². The van der Waals surface area contributed by atoms with E-state index in [4.69, 9.17) is 11.6 Å². The number of hydrogen-bond acceptors (Lipinski definition) is 0. The fraction of sp³-hybridized carbons (Fsp3) is 0.143. The van der Waals surface area contributed by atoms with Crippen molar-refractivity contribution in [3.63, 3.8) is 0 Å². The van der Waals surface area contributed by atoms with Gasteiger partial charge in [0.25, 0.3) is 0 Å². The Morgan fingerprint density at radius 1 is 1.07 bits per heavy atom. The van der Waals surface area contributed by atoms with Gasteiger partial charge in [0, 0.05) is 5.02 Å². The minimum absolute atomic E-state index is 0.789. The fourth-order valence-electron chi connectivity index (χ4n) is 1.80. The first-order valence-electron chi connectivity index (χ1n) is 5.15. The van der Waals surface area contributed by atoms with Crippen molar-refractivity contribution in [3.8, 4) is 0 Å². The molecule has 0 heterocycles. The van der Waals surface area contributed by atoms with E-state index < -0.39 is 0 Å². The summed E-state index contributed by atoms with van der Waals surface area (Å²) in [6, 6.07) is 8.04. The summed E-state index contributed by atoms with van der Waals surface area (Å²) >= 11 is 5.88. The Bertz CT molecular complexity index is 419. The van der Waals surface area contributed by atoms with Gasteiger partial charge in [0.15, 0.2) is 0 Å². The van der Waals surface area contributed by atoms with Gasteiger partial charge in [-0.1, -0.05) is 55.0 Å². The summed E-state index contributed by atoms with van der Waals surface area (Å²) in [6.45, 7) is 2.18. The number of hydrogen-bond donors (Lipinski definition) is 0. The zero-order valence-electron chi connectivity index (χ0n) is 8.70. The van der Waals surface area contributed by atoms with Crippen molar-refractivity contribution in [2.24, 2.45) is 0 Å². The zero-order valence-corrected chi connectivity index (χ0v) is 9.46. The Morgan fingerprint density at radius 2 is 1.67 bits per heavy atom. The molecule has 15 heavy (non-hydrogen) atoms.